The van der Waals surface area contributed by atoms with Crippen molar-refractivity contribution in [2.75, 3.05) is 6.54 Å². The molecule has 0 aliphatic rings. The monoisotopic (exact) mass is 357 g/mol. The van der Waals surface area contributed by atoms with Crippen molar-refractivity contribution in [3.05, 3.63) is 71.3 Å². The number of benzene rings is 2. The Hall–Kier alpha value is -1.84. The molecule has 0 aliphatic carbocycles. The van der Waals surface area contributed by atoms with Gasteiger partial charge in [0.15, 0.2) is 0 Å². The number of rotatable bonds is 6. The van der Waals surface area contributed by atoms with E-state index in [9.17, 15) is 4.79 Å². The van der Waals surface area contributed by atoms with Gasteiger partial charge in [0, 0.05) is 18.0 Å². The summed E-state index contributed by atoms with van der Waals surface area (Å²) in [6, 6.07) is 16.0. The number of alkyl halides is 1. The molecule has 0 spiro atoms. The molecule has 2 rings (SSSR count). The van der Waals surface area contributed by atoms with E-state index < -0.39 is 8.07 Å². The van der Waals surface area contributed by atoms with Gasteiger partial charge in [-0.05, 0) is 16.3 Å². The lowest BCUT2D eigenvalue weighted by Gasteiger charge is -2.22. The molecule has 1 amide bonds. The summed E-state index contributed by atoms with van der Waals surface area (Å²) in [4.78, 5) is 12.7. The number of hydrogen-bond donors (Lipinski definition) is 1. The van der Waals surface area contributed by atoms with E-state index >= 15 is 0 Å². The second-order valence-corrected chi connectivity index (χ2v) is 12.1. The van der Waals surface area contributed by atoms with Crippen molar-refractivity contribution in [1.29, 1.82) is 0 Å². The number of carbonyl (C=O) groups is 1. The van der Waals surface area contributed by atoms with Gasteiger partial charge in [0.1, 0.15) is 0 Å². The highest BCUT2D eigenvalue weighted by Gasteiger charge is 2.25. The van der Waals surface area contributed by atoms with Crippen molar-refractivity contribution in [3.63, 3.8) is 0 Å². The first-order chi connectivity index (χ1) is 11.4. The van der Waals surface area contributed by atoms with Crippen molar-refractivity contribution in [1.82, 2.24) is 5.32 Å². The van der Waals surface area contributed by atoms with Gasteiger partial charge in [0.05, 0.1) is 8.07 Å². The molecule has 0 radical (unpaired) electrons. The molecule has 0 heterocycles. The Morgan fingerprint density at radius 2 is 1.79 bits per heavy atom. The van der Waals surface area contributed by atoms with Gasteiger partial charge >= 0.3 is 0 Å². The quantitative estimate of drug-likeness (QED) is 0.602. The molecule has 0 aliphatic heterocycles. The van der Waals surface area contributed by atoms with Crippen molar-refractivity contribution >= 4 is 36.8 Å². The third-order valence-corrected chi connectivity index (χ3v) is 6.14. The molecule has 0 saturated heterocycles. The smallest absolute Gasteiger partial charge is 0.251 e. The van der Waals surface area contributed by atoms with Crippen molar-refractivity contribution in [3.8, 4) is 0 Å². The fraction of sp³-hybridized carbons (Fsp3) is 0.250. The van der Waals surface area contributed by atoms with Gasteiger partial charge in [0.25, 0.3) is 5.91 Å². The van der Waals surface area contributed by atoms with Crippen LogP contribution < -0.4 is 10.5 Å². The number of nitrogens with one attached hydrogen (secondary N) is 1. The van der Waals surface area contributed by atoms with Crippen LogP contribution in [0.2, 0.25) is 19.6 Å². The topological polar surface area (TPSA) is 29.1 Å². The Bertz CT molecular complexity index is 720. The largest absolute Gasteiger partial charge is 0.349 e. The first kappa shape index (κ1) is 18.5. The highest BCUT2D eigenvalue weighted by atomic mass is 35.5. The Balaban J connectivity index is 2.13. The predicted molar refractivity (Wildman–Crippen MR) is 107 cm³/mol. The van der Waals surface area contributed by atoms with Crippen LogP contribution in [0.25, 0.3) is 6.08 Å². The predicted octanol–water partition coefficient (Wildman–Crippen LogP) is 4.41. The SMILES string of the molecule is C[Si](C)(C)c1cccc(CCl)c1C(=O)NCC=Cc1ccccc1. The van der Waals surface area contributed by atoms with Crippen LogP contribution >= 0.6 is 11.6 Å². The summed E-state index contributed by atoms with van der Waals surface area (Å²) in [7, 11) is -1.63. The van der Waals surface area contributed by atoms with Gasteiger partial charge in [-0.1, -0.05) is 80.3 Å². The van der Waals surface area contributed by atoms with E-state index in [4.69, 9.17) is 11.6 Å². The molecule has 0 aromatic heterocycles. The fourth-order valence-electron chi connectivity index (χ4n) is 2.60. The molecular formula is C20H24ClNOSi. The van der Waals surface area contributed by atoms with Crippen LogP contribution in [0.1, 0.15) is 21.5 Å². The van der Waals surface area contributed by atoms with Crippen LogP contribution in [0.5, 0.6) is 0 Å². The minimum Gasteiger partial charge on any atom is -0.349 e. The summed E-state index contributed by atoms with van der Waals surface area (Å²) < 4.78 is 0. The van der Waals surface area contributed by atoms with Gasteiger partial charge in [-0.2, -0.15) is 0 Å². The Morgan fingerprint density at radius 3 is 2.42 bits per heavy atom. The highest BCUT2D eigenvalue weighted by Crippen LogP contribution is 2.14. The van der Waals surface area contributed by atoms with Crippen LogP contribution in [-0.2, 0) is 5.88 Å². The summed E-state index contributed by atoms with van der Waals surface area (Å²) in [5.41, 5.74) is 2.79. The maximum absolute atomic E-state index is 12.7. The number of carbonyl (C=O) groups excluding carboxylic acids is 1. The van der Waals surface area contributed by atoms with Crippen molar-refractivity contribution in [2.24, 2.45) is 0 Å². The van der Waals surface area contributed by atoms with Crippen LogP contribution in [0.4, 0.5) is 0 Å². The summed E-state index contributed by atoms with van der Waals surface area (Å²) in [5, 5.41) is 4.15. The number of amides is 1. The number of halogens is 1. The third-order valence-electron chi connectivity index (χ3n) is 3.82. The van der Waals surface area contributed by atoms with Crippen LogP contribution in [-0.4, -0.2) is 20.5 Å². The van der Waals surface area contributed by atoms with Gasteiger partial charge in [-0.15, -0.1) is 11.6 Å². The van der Waals surface area contributed by atoms with E-state index in [-0.39, 0.29) is 5.91 Å². The standard InChI is InChI=1S/C20H24ClNOSi/c1-24(2,3)18-13-7-12-17(15-21)19(18)20(23)22-14-8-11-16-9-5-4-6-10-16/h4-13H,14-15H2,1-3H3,(H,22,23). The molecule has 0 saturated carbocycles. The lowest BCUT2D eigenvalue weighted by Crippen LogP contribution is -2.44. The molecule has 126 valence electrons. The molecule has 0 atom stereocenters. The van der Waals surface area contributed by atoms with Crippen molar-refractivity contribution in [2.45, 2.75) is 25.5 Å². The molecule has 4 heteroatoms. The minimum atomic E-state index is -1.63. The van der Waals surface area contributed by atoms with Crippen LogP contribution in [0.3, 0.4) is 0 Å². The second kappa shape index (κ2) is 8.31. The van der Waals surface area contributed by atoms with E-state index in [1.54, 1.807) is 0 Å². The summed E-state index contributed by atoms with van der Waals surface area (Å²) in [6.45, 7) is 7.22. The number of hydrogen-bond acceptors (Lipinski definition) is 1. The van der Waals surface area contributed by atoms with E-state index in [0.29, 0.717) is 12.4 Å². The minimum absolute atomic E-state index is 0.0404. The maximum Gasteiger partial charge on any atom is 0.251 e. The van der Waals surface area contributed by atoms with Gasteiger partial charge in [0.2, 0.25) is 0 Å². The zero-order valence-corrected chi connectivity index (χ0v) is 16.2. The third kappa shape index (κ3) is 4.82. The molecule has 2 aromatic rings. The lowest BCUT2D eigenvalue weighted by atomic mass is 10.1. The molecule has 1 N–H and O–H groups in total. The van der Waals surface area contributed by atoms with Gasteiger partial charge in [-0.25, -0.2) is 0 Å². The van der Waals surface area contributed by atoms with Crippen LogP contribution in [0.15, 0.2) is 54.6 Å². The summed E-state index contributed by atoms with van der Waals surface area (Å²) in [6.07, 6.45) is 3.97. The average Bonchev–Trinajstić information content (AvgIpc) is 2.58. The highest BCUT2D eigenvalue weighted by molar-refractivity contribution is 6.89. The van der Waals surface area contributed by atoms with Gasteiger partial charge < -0.3 is 5.32 Å². The normalized spacial score (nSPS) is 11.7. The summed E-state index contributed by atoms with van der Waals surface area (Å²) in [5.74, 6) is 0.308. The molecule has 0 unspecified atom stereocenters. The Morgan fingerprint density at radius 1 is 1.08 bits per heavy atom. The molecule has 24 heavy (non-hydrogen) atoms. The first-order valence-electron chi connectivity index (χ1n) is 8.11. The second-order valence-electron chi connectivity index (χ2n) is 6.75. The fourth-order valence-corrected chi connectivity index (χ4v) is 4.45. The first-order valence-corrected chi connectivity index (χ1v) is 12.1. The molecule has 0 bridgehead atoms. The van der Waals surface area contributed by atoms with E-state index in [1.807, 2.05) is 54.6 Å². The van der Waals surface area contributed by atoms with Crippen LogP contribution in [0, 0.1) is 0 Å². The van der Waals surface area contributed by atoms with Crippen molar-refractivity contribution < 1.29 is 4.79 Å². The molecular weight excluding hydrogens is 334 g/mol. The van der Waals surface area contributed by atoms with E-state index in [0.717, 1.165) is 21.9 Å². The maximum atomic E-state index is 12.7. The van der Waals surface area contributed by atoms with Gasteiger partial charge in [-0.3, -0.25) is 4.79 Å². The average molecular weight is 358 g/mol. The zero-order valence-electron chi connectivity index (χ0n) is 14.5. The zero-order chi connectivity index (χ0) is 17.6. The van der Waals surface area contributed by atoms with E-state index in [2.05, 4.69) is 31.0 Å². The Kier molecular flexibility index (Phi) is 6.41. The van der Waals surface area contributed by atoms with E-state index in [1.165, 1.54) is 0 Å². The molecule has 2 nitrogen and oxygen atoms in total. The lowest BCUT2D eigenvalue weighted by molar-refractivity contribution is 0.0958. The molecule has 2 aromatic carbocycles. The molecule has 0 fully saturated rings. The Labute approximate surface area is 150 Å². The summed E-state index contributed by atoms with van der Waals surface area (Å²) >= 11 is 6.06.